The summed E-state index contributed by atoms with van der Waals surface area (Å²) in [5.41, 5.74) is -0.853. The molecule has 0 radical (unpaired) electrons. The lowest BCUT2D eigenvalue weighted by Crippen LogP contribution is -2.66. The number of aliphatic hydroxyl groups is 5. The summed E-state index contributed by atoms with van der Waals surface area (Å²) in [7, 11) is 0. The van der Waals surface area contributed by atoms with Gasteiger partial charge in [-0.1, -0.05) is 28.1 Å². The van der Waals surface area contributed by atoms with Gasteiger partial charge in [-0.25, -0.2) is 0 Å². The zero-order valence-corrected chi connectivity index (χ0v) is 12.9. The standard InChI is InChI=1S/C14H20BrNO5/c15-9-3-1-8(2-4-9)6-16-10-5-14(21,7-17)13(20)12(19)11(10)18/h1-4,10-13,16-21H,5-7H2/t10-,11-,12+,13-,14-/m0/s1. The summed E-state index contributed by atoms with van der Waals surface area (Å²) in [4.78, 5) is 0. The Morgan fingerprint density at radius 1 is 1.14 bits per heavy atom. The Bertz CT molecular complexity index is 471. The highest BCUT2D eigenvalue weighted by molar-refractivity contribution is 9.10. The van der Waals surface area contributed by atoms with E-state index in [2.05, 4.69) is 21.2 Å². The molecule has 0 unspecified atom stereocenters. The van der Waals surface area contributed by atoms with Crippen molar-refractivity contribution in [3.05, 3.63) is 34.3 Å². The first-order valence-corrected chi connectivity index (χ1v) is 7.52. The molecule has 1 saturated carbocycles. The van der Waals surface area contributed by atoms with Crippen LogP contribution in [0.4, 0.5) is 0 Å². The average Bonchev–Trinajstić information content (AvgIpc) is 2.49. The maximum atomic E-state index is 10.1. The Morgan fingerprint density at radius 2 is 1.76 bits per heavy atom. The highest BCUT2D eigenvalue weighted by atomic mass is 79.9. The van der Waals surface area contributed by atoms with E-state index in [-0.39, 0.29) is 6.42 Å². The van der Waals surface area contributed by atoms with Gasteiger partial charge in [0, 0.05) is 17.1 Å². The first-order chi connectivity index (χ1) is 9.87. The van der Waals surface area contributed by atoms with Crippen LogP contribution in [-0.4, -0.2) is 62.1 Å². The quantitative estimate of drug-likeness (QED) is 0.415. The molecule has 1 fully saturated rings. The van der Waals surface area contributed by atoms with Gasteiger partial charge in [-0.05, 0) is 24.1 Å². The molecular formula is C14H20BrNO5. The van der Waals surface area contributed by atoms with Gasteiger partial charge in [-0.15, -0.1) is 0 Å². The number of halogens is 1. The van der Waals surface area contributed by atoms with Gasteiger partial charge in [0.05, 0.1) is 12.7 Å². The van der Waals surface area contributed by atoms with E-state index in [0.717, 1.165) is 10.0 Å². The fourth-order valence-corrected chi connectivity index (χ4v) is 2.83. The fraction of sp³-hybridized carbons (Fsp3) is 0.571. The molecule has 7 heteroatoms. The lowest BCUT2D eigenvalue weighted by atomic mass is 9.76. The van der Waals surface area contributed by atoms with E-state index in [0.29, 0.717) is 6.54 Å². The maximum absolute atomic E-state index is 10.1. The van der Waals surface area contributed by atoms with Crippen molar-refractivity contribution in [1.29, 1.82) is 0 Å². The number of hydrogen-bond donors (Lipinski definition) is 6. The van der Waals surface area contributed by atoms with Crippen LogP contribution in [0.1, 0.15) is 12.0 Å². The average molecular weight is 362 g/mol. The monoisotopic (exact) mass is 361 g/mol. The third-order valence-electron chi connectivity index (χ3n) is 3.97. The molecule has 0 amide bonds. The van der Waals surface area contributed by atoms with Crippen molar-refractivity contribution in [2.45, 2.75) is 42.9 Å². The van der Waals surface area contributed by atoms with E-state index in [9.17, 15) is 25.5 Å². The molecule has 6 N–H and O–H groups in total. The van der Waals surface area contributed by atoms with Crippen molar-refractivity contribution in [2.75, 3.05) is 6.61 Å². The summed E-state index contributed by atoms with van der Waals surface area (Å²) >= 11 is 3.34. The molecule has 1 aliphatic carbocycles. The third-order valence-corrected chi connectivity index (χ3v) is 4.49. The summed E-state index contributed by atoms with van der Waals surface area (Å²) in [5.74, 6) is 0. The molecule has 6 nitrogen and oxygen atoms in total. The summed E-state index contributed by atoms with van der Waals surface area (Å²) in [5, 5.41) is 51.9. The molecule has 0 heterocycles. The van der Waals surface area contributed by atoms with Gasteiger partial charge in [-0.3, -0.25) is 0 Å². The minimum atomic E-state index is -1.82. The number of hydrogen-bond acceptors (Lipinski definition) is 6. The number of nitrogens with one attached hydrogen (secondary N) is 1. The topological polar surface area (TPSA) is 113 Å². The Kier molecular flexibility index (Phi) is 5.37. The molecule has 0 saturated heterocycles. The highest BCUT2D eigenvalue weighted by Crippen LogP contribution is 2.29. The van der Waals surface area contributed by atoms with E-state index < -0.39 is 36.6 Å². The van der Waals surface area contributed by atoms with Gasteiger partial charge in [0.1, 0.15) is 17.8 Å². The van der Waals surface area contributed by atoms with E-state index in [4.69, 9.17) is 0 Å². The Hall–Kier alpha value is -0.540. The molecule has 5 atom stereocenters. The SMILES string of the molecule is OC[C@@]1(O)C[C@H](NCc2ccc(Br)cc2)[C@H](O)[C@@H](O)[C@@H]1O. The molecule has 1 aromatic carbocycles. The Morgan fingerprint density at radius 3 is 2.33 bits per heavy atom. The molecule has 0 aliphatic heterocycles. The van der Waals surface area contributed by atoms with Crippen molar-refractivity contribution in [1.82, 2.24) is 5.32 Å². The Labute approximate surface area is 131 Å². The van der Waals surface area contributed by atoms with Crippen molar-refractivity contribution >= 4 is 15.9 Å². The second-order valence-electron chi connectivity index (χ2n) is 5.51. The van der Waals surface area contributed by atoms with E-state index >= 15 is 0 Å². The molecule has 21 heavy (non-hydrogen) atoms. The van der Waals surface area contributed by atoms with Crippen LogP contribution in [0.5, 0.6) is 0 Å². The lowest BCUT2D eigenvalue weighted by molar-refractivity contribution is -0.206. The predicted octanol–water partition coefficient (Wildman–Crippen LogP) is -0.883. The van der Waals surface area contributed by atoms with E-state index in [1.165, 1.54) is 0 Å². The zero-order chi connectivity index (χ0) is 15.6. The molecule has 0 spiro atoms. The summed E-state index contributed by atoms with van der Waals surface area (Å²) < 4.78 is 0.956. The van der Waals surface area contributed by atoms with Gasteiger partial charge in [0.2, 0.25) is 0 Å². The first-order valence-electron chi connectivity index (χ1n) is 6.72. The largest absolute Gasteiger partial charge is 0.393 e. The highest BCUT2D eigenvalue weighted by Gasteiger charge is 2.50. The molecule has 0 aromatic heterocycles. The molecule has 1 aliphatic rings. The van der Waals surface area contributed by atoms with Gasteiger partial charge in [-0.2, -0.15) is 0 Å². The molecular weight excluding hydrogens is 342 g/mol. The van der Waals surface area contributed by atoms with Crippen LogP contribution >= 0.6 is 15.9 Å². The lowest BCUT2D eigenvalue weighted by Gasteiger charge is -2.45. The normalized spacial score (nSPS) is 36.7. The van der Waals surface area contributed by atoms with Gasteiger partial charge in [0.25, 0.3) is 0 Å². The second-order valence-corrected chi connectivity index (χ2v) is 6.42. The fourth-order valence-electron chi connectivity index (χ4n) is 2.57. The van der Waals surface area contributed by atoms with Gasteiger partial charge >= 0.3 is 0 Å². The van der Waals surface area contributed by atoms with Crippen molar-refractivity contribution < 1.29 is 25.5 Å². The summed E-state index contributed by atoms with van der Waals surface area (Å²) in [6.45, 7) is -0.256. The number of benzene rings is 1. The van der Waals surface area contributed by atoms with E-state index in [1.807, 2.05) is 24.3 Å². The Balaban J connectivity index is 2.03. The van der Waals surface area contributed by atoms with Crippen LogP contribution in [0.2, 0.25) is 0 Å². The van der Waals surface area contributed by atoms with Crippen molar-refractivity contribution in [2.24, 2.45) is 0 Å². The minimum Gasteiger partial charge on any atom is -0.393 e. The van der Waals surface area contributed by atoms with Crippen molar-refractivity contribution in [3.8, 4) is 0 Å². The van der Waals surface area contributed by atoms with Crippen LogP contribution in [-0.2, 0) is 6.54 Å². The zero-order valence-electron chi connectivity index (χ0n) is 11.4. The number of rotatable bonds is 4. The van der Waals surface area contributed by atoms with Gasteiger partial charge in [0.15, 0.2) is 0 Å². The minimum absolute atomic E-state index is 0.0561. The third kappa shape index (κ3) is 3.62. The summed E-state index contributed by atoms with van der Waals surface area (Å²) in [6.07, 6.45) is -4.37. The smallest absolute Gasteiger partial charge is 0.118 e. The van der Waals surface area contributed by atoms with Crippen LogP contribution in [0.15, 0.2) is 28.7 Å². The molecule has 0 bridgehead atoms. The van der Waals surface area contributed by atoms with E-state index in [1.54, 1.807) is 0 Å². The van der Waals surface area contributed by atoms with Gasteiger partial charge < -0.3 is 30.8 Å². The first kappa shape index (κ1) is 16.8. The molecule has 1 aromatic rings. The molecule has 118 valence electrons. The van der Waals surface area contributed by atoms with Crippen molar-refractivity contribution in [3.63, 3.8) is 0 Å². The van der Waals surface area contributed by atoms with Crippen LogP contribution in [0, 0.1) is 0 Å². The van der Waals surface area contributed by atoms with Crippen LogP contribution in [0.25, 0.3) is 0 Å². The predicted molar refractivity (Wildman–Crippen MR) is 79.4 cm³/mol. The van der Waals surface area contributed by atoms with Crippen LogP contribution < -0.4 is 5.32 Å². The summed E-state index contributed by atoms with van der Waals surface area (Å²) in [6, 6.07) is 6.93. The number of aliphatic hydroxyl groups excluding tert-OH is 4. The molecule has 2 rings (SSSR count). The maximum Gasteiger partial charge on any atom is 0.118 e. The second kappa shape index (κ2) is 6.70. The van der Waals surface area contributed by atoms with Crippen LogP contribution in [0.3, 0.4) is 0 Å².